The minimum absolute atomic E-state index is 0.984. The molecule has 0 bridgehead atoms. The molecule has 1 saturated heterocycles. The Morgan fingerprint density at radius 2 is 2.00 bits per heavy atom. The second-order valence-electron chi connectivity index (χ2n) is 5.48. The van der Waals surface area contributed by atoms with Gasteiger partial charge in [0.1, 0.15) is 0 Å². The number of benzene rings is 1. The zero-order valence-electron chi connectivity index (χ0n) is 11.9. The predicted molar refractivity (Wildman–Crippen MR) is 86.7 cm³/mol. The molecule has 0 radical (unpaired) electrons. The number of nitrogens with one attached hydrogen (secondary N) is 1. The highest BCUT2D eigenvalue weighted by Crippen LogP contribution is 2.22. The number of nitrogens with zero attached hydrogens (tertiary/aromatic N) is 1. The van der Waals surface area contributed by atoms with Gasteiger partial charge in [-0.1, -0.05) is 31.9 Å². The van der Waals surface area contributed by atoms with Gasteiger partial charge >= 0.3 is 0 Å². The summed E-state index contributed by atoms with van der Waals surface area (Å²) < 4.78 is 1.15. The maximum absolute atomic E-state index is 3.57. The fraction of sp³-hybridized carbons (Fsp3) is 0.625. The number of rotatable bonds is 6. The van der Waals surface area contributed by atoms with E-state index in [0.717, 1.165) is 23.5 Å². The maximum Gasteiger partial charge on any atom is 0.0485 e. The van der Waals surface area contributed by atoms with Gasteiger partial charge in [-0.15, -0.1) is 0 Å². The number of anilines is 1. The number of hydrogen-bond donors (Lipinski definition) is 1. The number of piperidine rings is 1. The smallest absolute Gasteiger partial charge is 0.0485 e. The molecule has 2 nitrogen and oxygen atoms in total. The average Bonchev–Trinajstić information content (AvgIpc) is 2.43. The van der Waals surface area contributed by atoms with Crippen LogP contribution in [0.3, 0.4) is 0 Å². The molecule has 19 heavy (non-hydrogen) atoms. The van der Waals surface area contributed by atoms with Crippen LogP contribution >= 0.6 is 15.9 Å². The molecular formula is C16H25BrN2. The van der Waals surface area contributed by atoms with Crippen molar-refractivity contribution in [1.29, 1.82) is 0 Å². The number of halogens is 1. The summed E-state index contributed by atoms with van der Waals surface area (Å²) in [6.45, 7) is 7.04. The third-order valence-corrected chi connectivity index (χ3v) is 4.71. The molecule has 0 amide bonds. The summed E-state index contributed by atoms with van der Waals surface area (Å²) in [5.41, 5.74) is 1.20. The van der Waals surface area contributed by atoms with Crippen LogP contribution in [0.1, 0.15) is 32.6 Å². The first-order valence-electron chi connectivity index (χ1n) is 7.50. The van der Waals surface area contributed by atoms with Crippen molar-refractivity contribution in [3.8, 4) is 0 Å². The summed E-state index contributed by atoms with van der Waals surface area (Å²) in [6.07, 6.45) is 5.54. The second-order valence-corrected chi connectivity index (χ2v) is 6.33. The molecule has 1 fully saturated rings. The molecule has 1 N–H and O–H groups in total. The van der Waals surface area contributed by atoms with Crippen LogP contribution in [0.25, 0.3) is 0 Å². The van der Waals surface area contributed by atoms with Gasteiger partial charge in [-0.3, -0.25) is 0 Å². The molecule has 0 spiro atoms. The Bertz CT molecular complexity index is 373. The number of para-hydroxylation sites is 1. The third-order valence-electron chi connectivity index (χ3n) is 4.02. The Labute approximate surface area is 125 Å². The van der Waals surface area contributed by atoms with E-state index in [0.29, 0.717) is 0 Å². The van der Waals surface area contributed by atoms with Crippen LogP contribution in [-0.2, 0) is 0 Å². The van der Waals surface area contributed by atoms with E-state index >= 15 is 0 Å². The SMILES string of the molecule is CCCC1CCN(CCNc2ccccc2Br)CC1. The first kappa shape index (κ1) is 14.9. The molecule has 0 aromatic heterocycles. The van der Waals surface area contributed by atoms with E-state index in [-0.39, 0.29) is 0 Å². The van der Waals surface area contributed by atoms with Crippen molar-refractivity contribution in [1.82, 2.24) is 4.90 Å². The summed E-state index contributed by atoms with van der Waals surface area (Å²) in [4.78, 5) is 2.59. The van der Waals surface area contributed by atoms with Crippen molar-refractivity contribution < 1.29 is 0 Å². The van der Waals surface area contributed by atoms with Gasteiger partial charge in [0.15, 0.2) is 0 Å². The van der Waals surface area contributed by atoms with E-state index in [2.05, 4.69) is 51.3 Å². The second kappa shape index (κ2) is 7.91. The fourth-order valence-electron chi connectivity index (χ4n) is 2.86. The lowest BCUT2D eigenvalue weighted by Gasteiger charge is -2.31. The van der Waals surface area contributed by atoms with Crippen molar-refractivity contribution in [3.05, 3.63) is 28.7 Å². The van der Waals surface area contributed by atoms with Gasteiger partial charge in [0.25, 0.3) is 0 Å². The van der Waals surface area contributed by atoms with Gasteiger partial charge in [0.2, 0.25) is 0 Å². The Balaban J connectivity index is 1.66. The molecule has 1 aromatic carbocycles. The summed E-state index contributed by atoms with van der Waals surface area (Å²) in [5.74, 6) is 0.984. The summed E-state index contributed by atoms with van der Waals surface area (Å²) >= 11 is 3.57. The van der Waals surface area contributed by atoms with Crippen molar-refractivity contribution in [2.75, 3.05) is 31.5 Å². The molecule has 1 aliphatic rings. The van der Waals surface area contributed by atoms with E-state index in [1.54, 1.807) is 0 Å². The highest BCUT2D eigenvalue weighted by atomic mass is 79.9. The van der Waals surface area contributed by atoms with Crippen LogP contribution in [0.5, 0.6) is 0 Å². The summed E-state index contributed by atoms with van der Waals surface area (Å²) in [5, 5.41) is 3.51. The minimum Gasteiger partial charge on any atom is -0.383 e. The Hall–Kier alpha value is -0.540. The molecule has 106 valence electrons. The summed E-state index contributed by atoms with van der Waals surface area (Å²) in [6, 6.07) is 8.33. The van der Waals surface area contributed by atoms with Crippen LogP contribution in [0.4, 0.5) is 5.69 Å². The molecule has 3 heteroatoms. The average molecular weight is 325 g/mol. The number of likely N-dealkylation sites (tertiary alicyclic amines) is 1. The molecule has 0 atom stereocenters. The van der Waals surface area contributed by atoms with Crippen LogP contribution < -0.4 is 5.32 Å². The predicted octanol–water partition coefficient (Wildman–Crippen LogP) is 4.37. The van der Waals surface area contributed by atoms with Crippen molar-refractivity contribution in [3.63, 3.8) is 0 Å². The number of hydrogen-bond acceptors (Lipinski definition) is 2. The van der Waals surface area contributed by atoms with E-state index in [4.69, 9.17) is 0 Å². The molecule has 0 unspecified atom stereocenters. The lowest BCUT2D eigenvalue weighted by atomic mass is 9.92. The molecule has 1 heterocycles. The maximum atomic E-state index is 3.57. The van der Waals surface area contributed by atoms with Gasteiger partial charge in [0, 0.05) is 23.2 Å². The quantitative estimate of drug-likeness (QED) is 0.835. The third kappa shape index (κ3) is 4.81. The van der Waals surface area contributed by atoms with Crippen molar-refractivity contribution in [2.24, 2.45) is 5.92 Å². The van der Waals surface area contributed by atoms with Gasteiger partial charge < -0.3 is 10.2 Å². The fourth-order valence-corrected chi connectivity index (χ4v) is 3.29. The van der Waals surface area contributed by atoms with Crippen LogP contribution in [0, 0.1) is 5.92 Å². The standard InChI is InChI=1S/C16H25BrN2/c1-2-5-14-8-11-19(12-9-14)13-10-18-16-7-4-3-6-15(16)17/h3-4,6-7,14,18H,2,5,8-13H2,1H3. The lowest BCUT2D eigenvalue weighted by molar-refractivity contribution is 0.184. The molecule has 1 aromatic rings. The van der Waals surface area contributed by atoms with Crippen LogP contribution in [0.15, 0.2) is 28.7 Å². The molecule has 1 aliphatic heterocycles. The lowest BCUT2D eigenvalue weighted by Crippen LogP contribution is -2.36. The largest absolute Gasteiger partial charge is 0.383 e. The van der Waals surface area contributed by atoms with Gasteiger partial charge in [-0.05, 0) is 59.9 Å². The van der Waals surface area contributed by atoms with Crippen molar-refractivity contribution in [2.45, 2.75) is 32.6 Å². The monoisotopic (exact) mass is 324 g/mol. The zero-order chi connectivity index (χ0) is 13.5. The zero-order valence-corrected chi connectivity index (χ0v) is 13.5. The van der Waals surface area contributed by atoms with Crippen molar-refractivity contribution >= 4 is 21.6 Å². The van der Waals surface area contributed by atoms with Crippen LogP contribution in [0.2, 0.25) is 0 Å². The Morgan fingerprint density at radius 3 is 2.68 bits per heavy atom. The highest BCUT2D eigenvalue weighted by Gasteiger charge is 2.17. The first-order chi connectivity index (χ1) is 9.29. The topological polar surface area (TPSA) is 15.3 Å². The van der Waals surface area contributed by atoms with Gasteiger partial charge in [-0.2, -0.15) is 0 Å². The molecular weight excluding hydrogens is 300 g/mol. The van der Waals surface area contributed by atoms with E-state index in [9.17, 15) is 0 Å². The highest BCUT2D eigenvalue weighted by molar-refractivity contribution is 9.10. The van der Waals surface area contributed by atoms with Gasteiger partial charge in [-0.25, -0.2) is 0 Å². The van der Waals surface area contributed by atoms with E-state index in [1.165, 1.54) is 44.5 Å². The minimum atomic E-state index is 0.984. The Kier molecular flexibility index (Phi) is 6.18. The van der Waals surface area contributed by atoms with E-state index in [1.807, 2.05) is 6.07 Å². The van der Waals surface area contributed by atoms with Gasteiger partial charge in [0.05, 0.1) is 0 Å². The van der Waals surface area contributed by atoms with Crippen LogP contribution in [-0.4, -0.2) is 31.1 Å². The summed E-state index contributed by atoms with van der Waals surface area (Å²) in [7, 11) is 0. The normalized spacial score (nSPS) is 17.6. The Morgan fingerprint density at radius 1 is 1.26 bits per heavy atom. The molecule has 0 saturated carbocycles. The first-order valence-corrected chi connectivity index (χ1v) is 8.29. The molecule has 0 aliphatic carbocycles. The molecule has 2 rings (SSSR count). The van der Waals surface area contributed by atoms with E-state index < -0.39 is 0 Å².